The van der Waals surface area contributed by atoms with E-state index in [2.05, 4.69) is 4.99 Å². The molecule has 0 bridgehead atoms. The Morgan fingerprint density at radius 3 is 2.39 bits per heavy atom. The van der Waals surface area contributed by atoms with Gasteiger partial charge in [-0.3, -0.25) is 9.79 Å². The van der Waals surface area contributed by atoms with Crippen LogP contribution in [0.3, 0.4) is 0 Å². The van der Waals surface area contributed by atoms with Crippen molar-refractivity contribution in [2.45, 2.75) is 6.42 Å². The van der Waals surface area contributed by atoms with Crippen LogP contribution in [0.4, 0.5) is 5.69 Å². The number of rotatable bonds is 4. The molecule has 0 heterocycles. The lowest BCUT2D eigenvalue weighted by Gasteiger charge is -1.96. The van der Waals surface area contributed by atoms with Gasteiger partial charge in [-0.05, 0) is 24.3 Å². The lowest BCUT2D eigenvalue weighted by molar-refractivity contribution is 0.100. The maximum Gasteiger partial charge on any atom is 0.168 e. The Morgan fingerprint density at radius 1 is 1.06 bits per heavy atom. The molecule has 0 N–H and O–H groups in total. The van der Waals surface area contributed by atoms with E-state index < -0.39 is 0 Å². The van der Waals surface area contributed by atoms with Gasteiger partial charge in [0.15, 0.2) is 5.78 Å². The van der Waals surface area contributed by atoms with Crippen LogP contribution in [0.2, 0.25) is 5.02 Å². The zero-order chi connectivity index (χ0) is 12.8. The topological polar surface area (TPSA) is 29.4 Å². The number of ketones is 1. The lowest BCUT2D eigenvalue weighted by Crippen LogP contribution is -1.98. The van der Waals surface area contributed by atoms with E-state index in [1.165, 1.54) is 0 Å². The van der Waals surface area contributed by atoms with E-state index in [9.17, 15) is 4.79 Å². The van der Waals surface area contributed by atoms with Crippen LogP contribution in [-0.2, 0) is 0 Å². The van der Waals surface area contributed by atoms with Crippen molar-refractivity contribution >= 4 is 29.3 Å². The van der Waals surface area contributed by atoms with Gasteiger partial charge in [-0.15, -0.1) is 0 Å². The van der Waals surface area contributed by atoms with Gasteiger partial charge in [0.1, 0.15) is 0 Å². The van der Waals surface area contributed by atoms with Crippen molar-refractivity contribution in [3.8, 4) is 0 Å². The first-order chi connectivity index (χ1) is 8.75. The highest BCUT2D eigenvalue weighted by Gasteiger charge is 2.01. The second-order valence-electron chi connectivity index (χ2n) is 3.78. The van der Waals surface area contributed by atoms with Crippen LogP contribution < -0.4 is 0 Å². The average molecular weight is 258 g/mol. The summed E-state index contributed by atoms with van der Waals surface area (Å²) >= 11 is 5.77. The molecular formula is C15H12ClNO. The Bertz CT molecular complexity index is 546. The van der Waals surface area contributed by atoms with Crippen molar-refractivity contribution in [1.82, 2.24) is 0 Å². The van der Waals surface area contributed by atoms with Gasteiger partial charge >= 0.3 is 0 Å². The molecule has 0 atom stereocenters. The molecule has 0 aliphatic rings. The van der Waals surface area contributed by atoms with Gasteiger partial charge in [-0.25, -0.2) is 0 Å². The van der Waals surface area contributed by atoms with Crippen LogP contribution in [0.1, 0.15) is 16.8 Å². The van der Waals surface area contributed by atoms with Gasteiger partial charge in [0.2, 0.25) is 0 Å². The van der Waals surface area contributed by atoms with Gasteiger partial charge in [-0.1, -0.05) is 41.9 Å². The van der Waals surface area contributed by atoms with Crippen LogP contribution >= 0.6 is 11.6 Å². The molecule has 0 saturated heterocycles. The number of Topliss-reactive ketones (excluding diaryl/α,β-unsaturated/α-hetero) is 1. The monoisotopic (exact) mass is 257 g/mol. The molecule has 0 saturated carbocycles. The molecule has 0 aromatic heterocycles. The number of halogens is 1. The second-order valence-corrected chi connectivity index (χ2v) is 4.22. The van der Waals surface area contributed by atoms with E-state index in [-0.39, 0.29) is 5.78 Å². The van der Waals surface area contributed by atoms with Crippen molar-refractivity contribution < 1.29 is 4.79 Å². The van der Waals surface area contributed by atoms with E-state index in [0.717, 1.165) is 5.69 Å². The SMILES string of the molecule is O=C(CC=Nc1ccc(Cl)cc1)c1ccccc1. The Balaban J connectivity index is 1.96. The molecule has 90 valence electrons. The van der Waals surface area contributed by atoms with Gasteiger partial charge in [0.05, 0.1) is 5.69 Å². The molecule has 0 aliphatic heterocycles. The van der Waals surface area contributed by atoms with Gasteiger partial charge < -0.3 is 0 Å². The fourth-order valence-corrected chi connectivity index (χ4v) is 1.63. The first kappa shape index (κ1) is 12.5. The normalized spacial score (nSPS) is 10.7. The number of hydrogen-bond donors (Lipinski definition) is 0. The summed E-state index contributed by atoms with van der Waals surface area (Å²) in [4.78, 5) is 16.0. The fourth-order valence-electron chi connectivity index (χ4n) is 1.50. The zero-order valence-corrected chi connectivity index (χ0v) is 10.5. The highest BCUT2D eigenvalue weighted by Crippen LogP contribution is 2.15. The summed E-state index contributed by atoms with van der Waals surface area (Å²) < 4.78 is 0. The Labute approximate surface area is 111 Å². The third-order valence-electron chi connectivity index (χ3n) is 2.44. The molecule has 0 amide bonds. The number of nitrogens with zero attached hydrogens (tertiary/aromatic N) is 1. The maximum absolute atomic E-state index is 11.8. The number of carbonyl (C=O) groups is 1. The van der Waals surface area contributed by atoms with Gasteiger partial charge in [0.25, 0.3) is 0 Å². The van der Waals surface area contributed by atoms with Crippen molar-refractivity contribution in [3.05, 3.63) is 65.2 Å². The highest BCUT2D eigenvalue weighted by molar-refractivity contribution is 6.30. The smallest absolute Gasteiger partial charge is 0.168 e. The standard InChI is InChI=1S/C15H12ClNO/c16-13-6-8-14(9-7-13)17-11-10-15(18)12-4-2-1-3-5-12/h1-9,11H,10H2. The van der Waals surface area contributed by atoms with Gasteiger partial charge in [0, 0.05) is 23.2 Å². The van der Waals surface area contributed by atoms with E-state index >= 15 is 0 Å². The third-order valence-corrected chi connectivity index (χ3v) is 2.69. The van der Waals surface area contributed by atoms with Gasteiger partial charge in [-0.2, -0.15) is 0 Å². The minimum absolute atomic E-state index is 0.0633. The van der Waals surface area contributed by atoms with E-state index in [1.54, 1.807) is 30.5 Å². The van der Waals surface area contributed by atoms with E-state index in [0.29, 0.717) is 17.0 Å². The molecule has 2 aromatic rings. The zero-order valence-electron chi connectivity index (χ0n) is 9.71. The van der Waals surface area contributed by atoms with Crippen molar-refractivity contribution in [2.24, 2.45) is 4.99 Å². The summed E-state index contributed by atoms with van der Waals surface area (Å²) in [5.41, 5.74) is 1.50. The molecule has 3 heteroatoms. The molecule has 0 fully saturated rings. The summed E-state index contributed by atoms with van der Waals surface area (Å²) in [5, 5.41) is 0.675. The van der Waals surface area contributed by atoms with Crippen LogP contribution in [0.15, 0.2) is 59.6 Å². The number of hydrogen-bond acceptors (Lipinski definition) is 2. The van der Waals surface area contributed by atoms with Crippen LogP contribution in [0.5, 0.6) is 0 Å². The van der Waals surface area contributed by atoms with Crippen LogP contribution in [0.25, 0.3) is 0 Å². The maximum atomic E-state index is 11.8. The van der Waals surface area contributed by atoms with Crippen molar-refractivity contribution in [3.63, 3.8) is 0 Å². The van der Waals surface area contributed by atoms with E-state index in [1.807, 2.05) is 30.3 Å². The Kier molecular flexibility index (Phi) is 4.26. The molecule has 2 aromatic carbocycles. The van der Waals surface area contributed by atoms with Crippen LogP contribution in [0, 0.1) is 0 Å². The predicted molar refractivity (Wildman–Crippen MR) is 75.0 cm³/mol. The fraction of sp³-hybridized carbons (Fsp3) is 0.0667. The molecule has 0 radical (unpaired) electrons. The lowest BCUT2D eigenvalue weighted by atomic mass is 10.1. The molecule has 18 heavy (non-hydrogen) atoms. The highest BCUT2D eigenvalue weighted by atomic mass is 35.5. The summed E-state index contributed by atoms with van der Waals surface area (Å²) in [7, 11) is 0. The largest absolute Gasteiger partial charge is 0.294 e. The molecule has 2 nitrogen and oxygen atoms in total. The Morgan fingerprint density at radius 2 is 1.72 bits per heavy atom. The quantitative estimate of drug-likeness (QED) is 0.593. The average Bonchev–Trinajstić information content (AvgIpc) is 2.42. The number of carbonyl (C=O) groups excluding carboxylic acids is 1. The predicted octanol–water partition coefficient (Wildman–Crippen LogP) is 4.32. The summed E-state index contributed by atoms with van der Waals surface area (Å²) in [6.45, 7) is 0. The minimum atomic E-state index is 0.0633. The summed E-state index contributed by atoms with van der Waals surface area (Å²) in [5.74, 6) is 0.0633. The van der Waals surface area contributed by atoms with Crippen molar-refractivity contribution in [1.29, 1.82) is 0 Å². The minimum Gasteiger partial charge on any atom is -0.294 e. The molecule has 0 aliphatic carbocycles. The summed E-state index contributed by atoms with van der Waals surface area (Å²) in [6, 6.07) is 16.4. The number of benzene rings is 2. The second kappa shape index (κ2) is 6.12. The molecular weight excluding hydrogens is 246 g/mol. The Hall–Kier alpha value is -1.93. The first-order valence-electron chi connectivity index (χ1n) is 5.62. The van der Waals surface area contributed by atoms with Crippen LogP contribution in [-0.4, -0.2) is 12.0 Å². The summed E-state index contributed by atoms with van der Waals surface area (Å²) in [6.07, 6.45) is 1.92. The first-order valence-corrected chi connectivity index (χ1v) is 6.00. The third kappa shape index (κ3) is 3.54. The number of aliphatic imine (C=N–C) groups is 1. The van der Waals surface area contributed by atoms with Crippen molar-refractivity contribution in [2.75, 3.05) is 0 Å². The van der Waals surface area contributed by atoms with E-state index in [4.69, 9.17) is 11.6 Å². The molecule has 0 spiro atoms. The molecule has 0 unspecified atom stereocenters. The molecule has 2 rings (SSSR count).